The van der Waals surface area contributed by atoms with Gasteiger partial charge in [-0.1, -0.05) is 12.1 Å². The molecule has 0 saturated heterocycles. The molecule has 2 aromatic rings. The molecule has 1 aromatic heterocycles. The van der Waals surface area contributed by atoms with E-state index in [4.69, 9.17) is 10.7 Å². The highest BCUT2D eigenvalue weighted by Gasteiger charge is 2.31. The topological polar surface area (TPSA) is 47.1 Å². The highest BCUT2D eigenvalue weighted by molar-refractivity contribution is 5.73. The van der Waals surface area contributed by atoms with Crippen molar-refractivity contribution >= 4 is 11.5 Å². The highest BCUT2D eigenvalue weighted by atomic mass is 15.2. The van der Waals surface area contributed by atoms with Gasteiger partial charge in [0, 0.05) is 37.3 Å². The zero-order valence-electron chi connectivity index (χ0n) is 13.3. The molecule has 1 heterocycles. The van der Waals surface area contributed by atoms with Gasteiger partial charge >= 0.3 is 0 Å². The van der Waals surface area contributed by atoms with Gasteiger partial charge < -0.3 is 15.2 Å². The molecule has 4 nitrogen and oxygen atoms in total. The third-order valence-corrected chi connectivity index (χ3v) is 4.09. The quantitative estimate of drug-likeness (QED) is 0.932. The van der Waals surface area contributed by atoms with Crippen LogP contribution in [-0.4, -0.2) is 23.6 Å². The third kappa shape index (κ3) is 2.50. The van der Waals surface area contributed by atoms with Crippen molar-refractivity contribution in [2.24, 2.45) is 0 Å². The normalized spacial score (nSPS) is 14.7. The highest BCUT2D eigenvalue weighted by Crippen LogP contribution is 2.43. The van der Waals surface area contributed by atoms with E-state index in [-0.39, 0.29) is 0 Å². The number of imidazole rings is 1. The summed E-state index contributed by atoms with van der Waals surface area (Å²) in [5.41, 5.74) is 9.60. The summed E-state index contributed by atoms with van der Waals surface area (Å²) >= 11 is 0. The van der Waals surface area contributed by atoms with Gasteiger partial charge in [-0.05, 0) is 38.8 Å². The number of anilines is 2. The van der Waals surface area contributed by atoms with Crippen LogP contribution in [0.25, 0.3) is 11.3 Å². The minimum Gasteiger partial charge on any atom is -0.383 e. The van der Waals surface area contributed by atoms with Crippen LogP contribution in [0.2, 0.25) is 0 Å². The average molecular weight is 284 g/mol. The Labute approximate surface area is 126 Å². The lowest BCUT2D eigenvalue weighted by molar-refractivity contribution is 0.576. The molecular weight excluding hydrogens is 260 g/mol. The van der Waals surface area contributed by atoms with Gasteiger partial charge in [0.25, 0.3) is 0 Å². The zero-order valence-corrected chi connectivity index (χ0v) is 13.3. The van der Waals surface area contributed by atoms with Gasteiger partial charge in [0.05, 0.1) is 0 Å². The molecule has 1 aliphatic rings. The van der Waals surface area contributed by atoms with E-state index in [9.17, 15) is 0 Å². The van der Waals surface area contributed by atoms with Gasteiger partial charge in [0.2, 0.25) is 0 Å². The first kappa shape index (κ1) is 14.0. The van der Waals surface area contributed by atoms with Crippen molar-refractivity contribution in [3.05, 3.63) is 30.1 Å². The molecule has 112 valence electrons. The molecule has 1 aromatic carbocycles. The molecule has 0 bridgehead atoms. The van der Waals surface area contributed by atoms with Crippen LogP contribution < -0.4 is 10.6 Å². The molecule has 0 radical (unpaired) electrons. The summed E-state index contributed by atoms with van der Waals surface area (Å²) in [6.45, 7) is 4.34. The first-order chi connectivity index (χ1) is 9.99. The third-order valence-electron chi connectivity index (χ3n) is 4.09. The van der Waals surface area contributed by atoms with Crippen LogP contribution in [0.4, 0.5) is 11.5 Å². The molecule has 0 atom stereocenters. The fourth-order valence-corrected chi connectivity index (χ4v) is 2.77. The Morgan fingerprint density at radius 1 is 1.19 bits per heavy atom. The first-order valence-corrected chi connectivity index (χ1v) is 7.64. The minimum atomic E-state index is 0.350. The molecule has 3 rings (SSSR count). The SMILES string of the molecule is CC(C)n1c(C2CC2)nc(-c2ccc(N(C)C)cc2)c1N. The van der Waals surface area contributed by atoms with Gasteiger partial charge in [-0.2, -0.15) is 0 Å². The Morgan fingerprint density at radius 3 is 2.29 bits per heavy atom. The van der Waals surface area contributed by atoms with Crippen molar-refractivity contribution in [1.29, 1.82) is 0 Å². The molecule has 1 fully saturated rings. The maximum Gasteiger partial charge on any atom is 0.131 e. The van der Waals surface area contributed by atoms with Crippen LogP contribution in [-0.2, 0) is 0 Å². The van der Waals surface area contributed by atoms with E-state index >= 15 is 0 Å². The van der Waals surface area contributed by atoms with Gasteiger partial charge in [0.15, 0.2) is 0 Å². The predicted octanol–water partition coefficient (Wildman–Crippen LogP) is 3.66. The maximum atomic E-state index is 6.39. The van der Waals surface area contributed by atoms with Gasteiger partial charge in [-0.25, -0.2) is 4.98 Å². The molecule has 0 spiro atoms. The summed E-state index contributed by atoms with van der Waals surface area (Å²) in [4.78, 5) is 6.95. The summed E-state index contributed by atoms with van der Waals surface area (Å²) in [7, 11) is 4.09. The van der Waals surface area contributed by atoms with E-state index < -0.39 is 0 Å². The van der Waals surface area contributed by atoms with Crippen molar-refractivity contribution in [1.82, 2.24) is 9.55 Å². The number of rotatable bonds is 4. The molecular formula is C17H24N4. The Balaban J connectivity index is 2.04. The van der Waals surface area contributed by atoms with Crippen molar-refractivity contribution in [3.8, 4) is 11.3 Å². The predicted molar refractivity (Wildman–Crippen MR) is 88.8 cm³/mol. The van der Waals surface area contributed by atoms with E-state index in [0.717, 1.165) is 22.9 Å². The van der Waals surface area contributed by atoms with E-state index in [1.807, 2.05) is 14.1 Å². The molecule has 1 saturated carbocycles. The number of nitrogens with zero attached hydrogens (tertiary/aromatic N) is 3. The van der Waals surface area contributed by atoms with Crippen LogP contribution in [0.1, 0.15) is 44.5 Å². The number of benzene rings is 1. The van der Waals surface area contributed by atoms with Crippen molar-refractivity contribution in [3.63, 3.8) is 0 Å². The Morgan fingerprint density at radius 2 is 1.81 bits per heavy atom. The standard InChI is InChI=1S/C17H24N4/c1-11(2)21-16(18)15(19-17(21)13-5-6-13)12-7-9-14(10-8-12)20(3)4/h7-11,13H,5-6,18H2,1-4H3. The summed E-state index contributed by atoms with van der Waals surface area (Å²) in [5.74, 6) is 2.56. The molecule has 0 unspecified atom stereocenters. The number of hydrogen-bond donors (Lipinski definition) is 1. The summed E-state index contributed by atoms with van der Waals surface area (Å²) in [6, 6.07) is 8.79. The minimum absolute atomic E-state index is 0.350. The second kappa shape index (κ2) is 5.10. The number of nitrogens with two attached hydrogens (primary N) is 1. The average Bonchev–Trinajstić information content (AvgIpc) is 3.22. The van der Waals surface area contributed by atoms with Crippen LogP contribution in [0.5, 0.6) is 0 Å². The van der Waals surface area contributed by atoms with Gasteiger partial charge in [-0.15, -0.1) is 0 Å². The second-order valence-corrected chi connectivity index (χ2v) is 6.38. The zero-order chi connectivity index (χ0) is 15.1. The second-order valence-electron chi connectivity index (χ2n) is 6.38. The molecule has 4 heteroatoms. The molecule has 0 aliphatic heterocycles. The summed E-state index contributed by atoms with van der Waals surface area (Å²) < 4.78 is 2.20. The van der Waals surface area contributed by atoms with Crippen LogP contribution in [0.15, 0.2) is 24.3 Å². The molecule has 2 N–H and O–H groups in total. The van der Waals surface area contributed by atoms with Crippen molar-refractivity contribution < 1.29 is 0 Å². The Hall–Kier alpha value is -1.97. The van der Waals surface area contributed by atoms with E-state index in [1.165, 1.54) is 18.5 Å². The largest absolute Gasteiger partial charge is 0.383 e. The van der Waals surface area contributed by atoms with E-state index in [0.29, 0.717) is 12.0 Å². The van der Waals surface area contributed by atoms with E-state index in [1.54, 1.807) is 0 Å². The monoisotopic (exact) mass is 284 g/mol. The Kier molecular flexibility index (Phi) is 3.40. The van der Waals surface area contributed by atoms with Crippen LogP contribution in [0.3, 0.4) is 0 Å². The molecule has 21 heavy (non-hydrogen) atoms. The summed E-state index contributed by atoms with van der Waals surface area (Å²) in [5, 5.41) is 0. The van der Waals surface area contributed by atoms with Crippen molar-refractivity contribution in [2.45, 2.75) is 38.6 Å². The fourth-order valence-electron chi connectivity index (χ4n) is 2.77. The van der Waals surface area contributed by atoms with Crippen LogP contribution in [0, 0.1) is 0 Å². The van der Waals surface area contributed by atoms with Crippen molar-refractivity contribution in [2.75, 3.05) is 24.7 Å². The van der Waals surface area contributed by atoms with Crippen LogP contribution >= 0.6 is 0 Å². The molecule has 0 amide bonds. The number of nitrogen functional groups attached to an aromatic ring is 1. The lowest BCUT2D eigenvalue weighted by Gasteiger charge is -2.14. The van der Waals surface area contributed by atoms with E-state index in [2.05, 4.69) is 47.6 Å². The smallest absolute Gasteiger partial charge is 0.131 e. The number of aromatic nitrogens is 2. The summed E-state index contributed by atoms with van der Waals surface area (Å²) in [6.07, 6.45) is 2.48. The van der Waals surface area contributed by atoms with Gasteiger partial charge in [-0.3, -0.25) is 0 Å². The first-order valence-electron chi connectivity index (χ1n) is 7.64. The molecule has 1 aliphatic carbocycles. The number of hydrogen-bond acceptors (Lipinski definition) is 3. The lowest BCUT2D eigenvalue weighted by Crippen LogP contribution is -2.09. The van der Waals surface area contributed by atoms with Gasteiger partial charge in [0.1, 0.15) is 17.3 Å². The fraction of sp³-hybridized carbons (Fsp3) is 0.471. The maximum absolute atomic E-state index is 6.39. The lowest BCUT2D eigenvalue weighted by atomic mass is 10.1. The Bertz CT molecular complexity index is 634.